The maximum atomic E-state index is 14.0. The molecule has 4 rings (SSSR count). The Hall–Kier alpha value is -2.76. The smallest absolute Gasteiger partial charge is 0.206 e. The van der Waals surface area contributed by atoms with E-state index in [0.29, 0.717) is 34.2 Å². The topological polar surface area (TPSA) is 70.9 Å². The van der Waals surface area contributed by atoms with E-state index in [4.69, 9.17) is 17.3 Å². The molecule has 9 heteroatoms. The van der Waals surface area contributed by atoms with E-state index in [1.54, 1.807) is 27.7 Å². The Bertz CT molecular complexity index is 1120. The van der Waals surface area contributed by atoms with Crippen molar-refractivity contribution in [3.63, 3.8) is 0 Å². The molecule has 5 nitrogen and oxygen atoms in total. The molecule has 0 bridgehead atoms. The molecule has 2 atom stereocenters. The number of halogens is 4. The second kappa shape index (κ2) is 7.58. The molecule has 29 heavy (non-hydrogen) atoms. The third-order valence-electron chi connectivity index (χ3n) is 5.14. The van der Waals surface area contributed by atoms with Crippen LogP contribution in [0.4, 0.5) is 19.1 Å². The number of nitrogens with two attached hydrogens (primary N) is 1. The highest BCUT2D eigenvalue weighted by molar-refractivity contribution is 6.30. The van der Waals surface area contributed by atoms with Crippen LogP contribution in [0, 0.1) is 23.0 Å². The molecule has 0 amide bonds. The number of anilines is 1. The van der Waals surface area contributed by atoms with E-state index < -0.39 is 23.8 Å². The first-order valence-corrected chi connectivity index (χ1v) is 9.43. The van der Waals surface area contributed by atoms with Gasteiger partial charge in [-0.3, -0.25) is 0 Å². The van der Waals surface area contributed by atoms with E-state index in [2.05, 4.69) is 11.1 Å². The molecular weight excluding hydrogens is 403 g/mol. The average molecular weight is 420 g/mol. The van der Waals surface area contributed by atoms with Gasteiger partial charge >= 0.3 is 0 Å². The Morgan fingerprint density at radius 1 is 1.24 bits per heavy atom. The number of fused-ring (bicyclic) bond motifs is 1. The summed E-state index contributed by atoms with van der Waals surface area (Å²) >= 11 is 5.97. The zero-order chi connectivity index (χ0) is 20.7. The summed E-state index contributed by atoms with van der Waals surface area (Å²) in [7, 11) is 0. The fourth-order valence-electron chi connectivity index (χ4n) is 3.60. The van der Waals surface area contributed by atoms with Crippen LogP contribution in [-0.2, 0) is 6.54 Å². The van der Waals surface area contributed by atoms with Crippen molar-refractivity contribution in [1.29, 1.82) is 5.26 Å². The summed E-state index contributed by atoms with van der Waals surface area (Å²) in [5, 5.41) is 9.86. The molecular formula is C20H17ClF3N5. The highest BCUT2D eigenvalue weighted by atomic mass is 35.5. The van der Waals surface area contributed by atoms with E-state index in [0.717, 1.165) is 12.1 Å². The standard InChI is InChI=1S/C20H17ClF3N5/c21-13-2-1-11(12(5-13)8-25)9-29-19-7-16(24)15(23)6-18(19)27-20(29)28-4-3-14(22)17(26)10-28/h1-2,5-7,14,17H,3-4,9-10,26H2/t14-,17-/m1/s1. The third kappa shape index (κ3) is 3.63. The van der Waals surface area contributed by atoms with Crippen molar-refractivity contribution in [2.45, 2.75) is 25.2 Å². The lowest BCUT2D eigenvalue weighted by Crippen LogP contribution is -2.50. The molecule has 3 aromatic rings. The van der Waals surface area contributed by atoms with Gasteiger partial charge in [0, 0.05) is 30.2 Å². The predicted octanol–water partition coefficient (Wildman–Crippen LogP) is 3.76. The lowest BCUT2D eigenvalue weighted by molar-refractivity contribution is 0.243. The molecule has 150 valence electrons. The molecule has 0 saturated carbocycles. The molecule has 0 aliphatic carbocycles. The minimum absolute atomic E-state index is 0.182. The Morgan fingerprint density at radius 2 is 2.00 bits per heavy atom. The van der Waals surface area contributed by atoms with E-state index in [9.17, 15) is 18.4 Å². The first kappa shape index (κ1) is 19.6. The molecule has 1 aliphatic heterocycles. The van der Waals surface area contributed by atoms with Gasteiger partial charge in [0.05, 0.1) is 35.3 Å². The molecule has 1 aromatic heterocycles. The van der Waals surface area contributed by atoms with Crippen molar-refractivity contribution in [3.8, 4) is 6.07 Å². The van der Waals surface area contributed by atoms with Crippen molar-refractivity contribution in [2.75, 3.05) is 18.0 Å². The number of piperidine rings is 1. The molecule has 1 saturated heterocycles. The highest BCUT2D eigenvalue weighted by Crippen LogP contribution is 2.29. The van der Waals surface area contributed by atoms with Crippen LogP contribution < -0.4 is 10.6 Å². The normalized spacial score (nSPS) is 19.5. The first-order chi connectivity index (χ1) is 13.9. The summed E-state index contributed by atoms with van der Waals surface area (Å²) in [6, 6.07) is 8.41. The Kier molecular flexibility index (Phi) is 5.11. The zero-order valence-corrected chi connectivity index (χ0v) is 16.0. The van der Waals surface area contributed by atoms with Crippen LogP contribution in [0.3, 0.4) is 0 Å². The maximum absolute atomic E-state index is 14.0. The van der Waals surface area contributed by atoms with Gasteiger partial charge in [-0.05, 0) is 24.1 Å². The summed E-state index contributed by atoms with van der Waals surface area (Å²) in [5.74, 6) is -1.58. The summed E-state index contributed by atoms with van der Waals surface area (Å²) in [6.45, 7) is 0.776. The molecule has 2 N–H and O–H groups in total. The van der Waals surface area contributed by atoms with E-state index in [1.165, 1.54) is 0 Å². The number of nitrogens with zero attached hydrogens (tertiary/aromatic N) is 4. The zero-order valence-electron chi connectivity index (χ0n) is 15.2. The third-order valence-corrected chi connectivity index (χ3v) is 5.38. The monoisotopic (exact) mass is 419 g/mol. The second-order valence-electron chi connectivity index (χ2n) is 7.08. The van der Waals surface area contributed by atoms with E-state index >= 15 is 0 Å². The SMILES string of the molecule is N#Cc1cc(Cl)ccc1Cn1c(N2CC[C@@H](F)[C@H](N)C2)nc2cc(F)c(F)cc21. The van der Waals surface area contributed by atoms with Crippen LogP contribution in [0.15, 0.2) is 30.3 Å². The number of hydrogen-bond acceptors (Lipinski definition) is 4. The van der Waals surface area contributed by atoms with Crippen LogP contribution in [0.2, 0.25) is 5.02 Å². The van der Waals surface area contributed by atoms with Crippen LogP contribution in [0.5, 0.6) is 0 Å². The van der Waals surface area contributed by atoms with Gasteiger partial charge in [0.1, 0.15) is 6.17 Å². The van der Waals surface area contributed by atoms with Gasteiger partial charge in [-0.1, -0.05) is 17.7 Å². The van der Waals surface area contributed by atoms with Gasteiger partial charge < -0.3 is 15.2 Å². The van der Waals surface area contributed by atoms with Crippen LogP contribution in [0.25, 0.3) is 11.0 Å². The largest absolute Gasteiger partial charge is 0.340 e. The molecule has 0 spiro atoms. The van der Waals surface area contributed by atoms with Gasteiger partial charge in [-0.15, -0.1) is 0 Å². The van der Waals surface area contributed by atoms with Gasteiger partial charge in [0.25, 0.3) is 0 Å². The first-order valence-electron chi connectivity index (χ1n) is 9.05. The van der Waals surface area contributed by atoms with Crippen molar-refractivity contribution in [2.24, 2.45) is 5.73 Å². The predicted molar refractivity (Wildman–Crippen MR) is 105 cm³/mol. The number of aromatic nitrogens is 2. The highest BCUT2D eigenvalue weighted by Gasteiger charge is 2.29. The quantitative estimate of drug-likeness (QED) is 0.701. The summed E-state index contributed by atoms with van der Waals surface area (Å²) in [5.41, 5.74) is 7.53. The Labute approximate surface area is 170 Å². The average Bonchev–Trinajstić information content (AvgIpc) is 3.03. The van der Waals surface area contributed by atoms with Crippen molar-refractivity contribution < 1.29 is 13.2 Å². The molecule has 2 heterocycles. The van der Waals surface area contributed by atoms with Crippen molar-refractivity contribution in [1.82, 2.24) is 9.55 Å². The molecule has 2 aromatic carbocycles. The fraction of sp³-hybridized carbons (Fsp3) is 0.300. The number of benzene rings is 2. The number of imidazole rings is 1. The number of hydrogen-bond donors (Lipinski definition) is 1. The van der Waals surface area contributed by atoms with E-state index in [-0.39, 0.29) is 25.0 Å². The van der Waals surface area contributed by atoms with Gasteiger partial charge in [0.15, 0.2) is 11.6 Å². The summed E-state index contributed by atoms with van der Waals surface area (Å²) in [4.78, 5) is 6.27. The van der Waals surface area contributed by atoms with Crippen LogP contribution in [0.1, 0.15) is 17.5 Å². The number of alkyl halides is 1. The van der Waals surface area contributed by atoms with Crippen molar-refractivity contribution >= 4 is 28.6 Å². The lowest BCUT2D eigenvalue weighted by Gasteiger charge is -2.34. The minimum Gasteiger partial charge on any atom is -0.340 e. The number of rotatable bonds is 3. The molecule has 0 unspecified atom stereocenters. The van der Waals surface area contributed by atoms with E-state index in [1.807, 2.05) is 0 Å². The Balaban J connectivity index is 1.84. The molecule has 1 aliphatic rings. The maximum Gasteiger partial charge on any atom is 0.206 e. The second-order valence-corrected chi connectivity index (χ2v) is 7.52. The summed E-state index contributed by atoms with van der Waals surface area (Å²) < 4.78 is 43.3. The fourth-order valence-corrected chi connectivity index (χ4v) is 3.77. The Morgan fingerprint density at radius 3 is 2.72 bits per heavy atom. The van der Waals surface area contributed by atoms with Crippen LogP contribution >= 0.6 is 11.6 Å². The number of nitriles is 1. The lowest BCUT2D eigenvalue weighted by atomic mass is 10.1. The minimum atomic E-state index is -1.11. The van der Waals surface area contributed by atoms with Crippen LogP contribution in [-0.4, -0.2) is 34.9 Å². The summed E-state index contributed by atoms with van der Waals surface area (Å²) in [6.07, 6.45) is -0.877. The molecule has 1 fully saturated rings. The molecule has 0 radical (unpaired) electrons. The van der Waals surface area contributed by atoms with Crippen molar-refractivity contribution in [3.05, 3.63) is 58.1 Å². The van der Waals surface area contributed by atoms with Gasteiger partial charge in [-0.2, -0.15) is 5.26 Å². The van der Waals surface area contributed by atoms with Gasteiger partial charge in [0.2, 0.25) is 5.95 Å². The van der Waals surface area contributed by atoms with Gasteiger partial charge in [-0.25, -0.2) is 18.2 Å².